The largest absolute Gasteiger partial charge is 0.348 e. The van der Waals surface area contributed by atoms with E-state index in [0.29, 0.717) is 12.3 Å². The first kappa shape index (κ1) is 19.8. The maximum absolute atomic E-state index is 12.8. The lowest BCUT2D eigenvalue weighted by Gasteiger charge is -2.29. The number of rotatable bonds is 4. The van der Waals surface area contributed by atoms with Gasteiger partial charge in [-0.05, 0) is 36.3 Å². The molecule has 1 amide bonds. The van der Waals surface area contributed by atoms with Gasteiger partial charge < -0.3 is 9.80 Å². The van der Waals surface area contributed by atoms with Gasteiger partial charge in [0.2, 0.25) is 5.91 Å². The van der Waals surface area contributed by atoms with Crippen LogP contribution >= 0.6 is 23.1 Å². The number of carbonyl (C=O) groups excluding carboxylic acids is 1. The molecule has 30 heavy (non-hydrogen) atoms. The first-order chi connectivity index (χ1) is 14.7. The number of hydrogen-bond acceptors (Lipinski definition) is 7. The third-order valence-electron chi connectivity index (χ3n) is 6.02. The van der Waals surface area contributed by atoms with Crippen LogP contribution in [0.25, 0.3) is 10.3 Å². The molecule has 1 saturated heterocycles. The molecule has 6 nitrogen and oxygen atoms in total. The minimum atomic E-state index is 0.163. The quantitative estimate of drug-likeness (QED) is 0.452. The van der Waals surface area contributed by atoms with Crippen LogP contribution in [0.1, 0.15) is 30.9 Å². The van der Waals surface area contributed by atoms with E-state index in [9.17, 15) is 4.79 Å². The van der Waals surface area contributed by atoms with Crippen molar-refractivity contribution in [2.24, 2.45) is 5.92 Å². The number of anilines is 1. The first-order valence-corrected chi connectivity index (χ1v) is 12.3. The molecule has 1 fully saturated rings. The van der Waals surface area contributed by atoms with E-state index in [-0.39, 0.29) is 5.91 Å². The van der Waals surface area contributed by atoms with Crippen molar-refractivity contribution in [3.63, 3.8) is 0 Å². The number of nitrogens with zero attached hydrogens (tertiary/aromatic N) is 5. The summed E-state index contributed by atoms with van der Waals surface area (Å²) in [5.41, 5.74) is 3.36. The second-order valence-electron chi connectivity index (χ2n) is 8.12. The minimum Gasteiger partial charge on any atom is -0.348 e. The molecule has 156 valence electrons. The zero-order valence-corrected chi connectivity index (χ0v) is 18.7. The van der Waals surface area contributed by atoms with Crippen molar-refractivity contribution in [3.8, 4) is 0 Å². The Bertz CT molecular complexity index is 1060. The highest BCUT2D eigenvalue weighted by Gasteiger charge is 2.23. The highest BCUT2D eigenvalue weighted by molar-refractivity contribution is 8.00. The molecule has 0 saturated carbocycles. The number of thioether (sulfide) groups is 1. The summed E-state index contributed by atoms with van der Waals surface area (Å²) in [4.78, 5) is 30.7. The molecule has 4 heterocycles. The maximum atomic E-state index is 12.8. The Labute approximate surface area is 184 Å². The van der Waals surface area contributed by atoms with Crippen molar-refractivity contribution < 1.29 is 4.79 Å². The zero-order chi connectivity index (χ0) is 20.5. The van der Waals surface area contributed by atoms with E-state index in [0.717, 1.165) is 52.5 Å². The molecule has 0 radical (unpaired) electrons. The lowest BCUT2D eigenvalue weighted by Crippen LogP contribution is -2.37. The number of piperidine rings is 1. The topological polar surface area (TPSA) is 62.2 Å². The zero-order valence-electron chi connectivity index (χ0n) is 17.1. The second kappa shape index (κ2) is 8.51. The van der Waals surface area contributed by atoms with Gasteiger partial charge in [0, 0.05) is 26.2 Å². The Hall–Kier alpha value is -2.19. The van der Waals surface area contributed by atoms with Gasteiger partial charge >= 0.3 is 0 Å². The molecule has 1 aromatic carbocycles. The first-order valence-electron chi connectivity index (χ1n) is 10.5. The van der Waals surface area contributed by atoms with Crippen LogP contribution in [0, 0.1) is 5.92 Å². The minimum absolute atomic E-state index is 0.163. The monoisotopic (exact) mass is 439 g/mol. The Balaban J connectivity index is 1.27. The molecule has 0 unspecified atom stereocenters. The third-order valence-corrected chi connectivity index (χ3v) is 8.23. The van der Waals surface area contributed by atoms with Gasteiger partial charge in [0.25, 0.3) is 0 Å². The lowest BCUT2D eigenvalue weighted by atomic mass is 10.00. The van der Waals surface area contributed by atoms with Crippen LogP contribution in [-0.4, -0.2) is 51.1 Å². The van der Waals surface area contributed by atoms with Crippen LogP contribution in [0.2, 0.25) is 0 Å². The molecule has 0 atom stereocenters. The molecule has 8 heteroatoms. The summed E-state index contributed by atoms with van der Waals surface area (Å²) in [7, 11) is 0. The van der Waals surface area contributed by atoms with Gasteiger partial charge in [-0.1, -0.05) is 54.3 Å². The van der Waals surface area contributed by atoms with Gasteiger partial charge in [-0.3, -0.25) is 4.79 Å². The number of benzene rings is 1. The molecule has 0 bridgehead atoms. The summed E-state index contributed by atoms with van der Waals surface area (Å²) in [6.07, 6.45) is 4.90. The van der Waals surface area contributed by atoms with E-state index in [1.165, 1.54) is 35.7 Å². The molecule has 0 N–H and O–H groups in total. The van der Waals surface area contributed by atoms with E-state index < -0.39 is 0 Å². The molecule has 2 aliphatic rings. The van der Waals surface area contributed by atoms with Gasteiger partial charge in [-0.2, -0.15) is 4.98 Å². The molecule has 0 spiro atoms. The van der Waals surface area contributed by atoms with Crippen LogP contribution in [-0.2, 0) is 17.8 Å². The lowest BCUT2D eigenvalue weighted by molar-refractivity contribution is -0.129. The van der Waals surface area contributed by atoms with E-state index >= 15 is 0 Å². The Kier molecular flexibility index (Phi) is 5.60. The summed E-state index contributed by atoms with van der Waals surface area (Å²) in [6.45, 7) is 5.89. The predicted octanol–water partition coefficient (Wildman–Crippen LogP) is 4.00. The van der Waals surface area contributed by atoms with Crippen LogP contribution in [0.4, 0.5) is 5.13 Å². The Morgan fingerprint density at radius 1 is 1.17 bits per heavy atom. The number of thiazole rings is 1. The van der Waals surface area contributed by atoms with Crippen LogP contribution in [0.5, 0.6) is 0 Å². The number of amides is 1. The molecular weight excluding hydrogens is 414 g/mol. The van der Waals surface area contributed by atoms with E-state index in [4.69, 9.17) is 4.98 Å². The molecule has 2 aliphatic heterocycles. The summed E-state index contributed by atoms with van der Waals surface area (Å²) >= 11 is 3.16. The standard InChI is InChI=1S/C22H25N5OS2/c1-15-6-9-26(10-7-15)22-25-20-19(30-22)21(24-14-23-20)29-13-18(28)27-11-8-16-4-2-3-5-17(16)12-27/h2-5,14-15H,6-13H2,1H3. The molecule has 2 aromatic heterocycles. The molecular formula is C22H25N5OS2. The van der Waals surface area contributed by atoms with Gasteiger partial charge in [-0.15, -0.1) is 0 Å². The van der Waals surface area contributed by atoms with Crippen LogP contribution in [0.3, 0.4) is 0 Å². The highest BCUT2D eigenvalue weighted by Crippen LogP contribution is 2.35. The number of carbonyl (C=O) groups is 1. The summed E-state index contributed by atoms with van der Waals surface area (Å²) in [5, 5.41) is 1.89. The highest BCUT2D eigenvalue weighted by atomic mass is 32.2. The average Bonchev–Trinajstić information content (AvgIpc) is 3.22. The van der Waals surface area contributed by atoms with Crippen molar-refractivity contribution in [3.05, 3.63) is 41.7 Å². The predicted molar refractivity (Wildman–Crippen MR) is 122 cm³/mol. The van der Waals surface area contributed by atoms with Gasteiger partial charge in [-0.25, -0.2) is 9.97 Å². The molecule has 5 rings (SSSR count). The fourth-order valence-corrected chi connectivity index (χ4v) is 6.14. The fraction of sp³-hybridized carbons (Fsp3) is 0.455. The second-order valence-corrected chi connectivity index (χ2v) is 10.1. The smallest absolute Gasteiger partial charge is 0.233 e. The Morgan fingerprint density at radius 2 is 1.97 bits per heavy atom. The van der Waals surface area contributed by atoms with E-state index in [1.54, 1.807) is 17.7 Å². The van der Waals surface area contributed by atoms with Crippen molar-refractivity contribution in [1.29, 1.82) is 0 Å². The van der Waals surface area contributed by atoms with Gasteiger partial charge in [0.1, 0.15) is 16.1 Å². The fourth-order valence-electron chi connectivity index (χ4n) is 4.09. The van der Waals surface area contributed by atoms with Crippen molar-refractivity contribution in [2.75, 3.05) is 30.3 Å². The average molecular weight is 440 g/mol. The van der Waals surface area contributed by atoms with Crippen molar-refractivity contribution >= 4 is 44.5 Å². The SMILES string of the molecule is CC1CCN(c2nc3ncnc(SCC(=O)N4CCc5ccccc5C4)c3s2)CC1. The Morgan fingerprint density at radius 3 is 2.80 bits per heavy atom. The van der Waals surface area contributed by atoms with Crippen LogP contribution in [0.15, 0.2) is 35.6 Å². The van der Waals surface area contributed by atoms with E-state index in [2.05, 4.69) is 40.0 Å². The normalized spacial score (nSPS) is 17.4. The van der Waals surface area contributed by atoms with Gasteiger partial charge in [0.05, 0.1) is 5.75 Å². The van der Waals surface area contributed by atoms with Gasteiger partial charge in [0.15, 0.2) is 10.8 Å². The number of aromatic nitrogens is 3. The van der Waals surface area contributed by atoms with Crippen LogP contribution < -0.4 is 4.90 Å². The van der Waals surface area contributed by atoms with E-state index in [1.807, 2.05) is 11.0 Å². The molecule has 3 aromatic rings. The molecule has 0 aliphatic carbocycles. The summed E-state index contributed by atoms with van der Waals surface area (Å²) in [5.74, 6) is 1.34. The maximum Gasteiger partial charge on any atom is 0.233 e. The third kappa shape index (κ3) is 4.03. The summed E-state index contributed by atoms with van der Waals surface area (Å²) in [6, 6.07) is 8.40. The number of hydrogen-bond donors (Lipinski definition) is 0. The summed E-state index contributed by atoms with van der Waals surface area (Å²) < 4.78 is 0.993. The number of fused-ring (bicyclic) bond motifs is 2. The van der Waals surface area contributed by atoms with Crippen molar-refractivity contribution in [2.45, 2.75) is 37.8 Å². The van der Waals surface area contributed by atoms with Crippen molar-refractivity contribution in [1.82, 2.24) is 19.9 Å².